The summed E-state index contributed by atoms with van der Waals surface area (Å²) in [5, 5.41) is 0. The van der Waals surface area contributed by atoms with E-state index in [0.29, 0.717) is 17.6 Å². The summed E-state index contributed by atoms with van der Waals surface area (Å²) in [6.07, 6.45) is 13.5. The van der Waals surface area contributed by atoms with Crippen LogP contribution in [0.2, 0.25) is 0 Å². The van der Waals surface area contributed by atoms with Gasteiger partial charge < -0.3 is 14.5 Å². The number of piperazine rings is 1. The molecule has 0 aromatic heterocycles. The quantitative estimate of drug-likeness (QED) is 0.471. The third-order valence-corrected chi connectivity index (χ3v) is 9.20. The Bertz CT molecular complexity index is 768. The molecule has 1 spiro atoms. The molecule has 4 fully saturated rings. The Labute approximate surface area is 214 Å². The SMILES string of the molecule is CCCN1CCN(c2ccc(N3CC(C)OC(C)C3)cc2C2CCC3(CCCC3)CC2)CC1.Cl. The van der Waals surface area contributed by atoms with Crippen LogP contribution in [0.4, 0.5) is 11.4 Å². The summed E-state index contributed by atoms with van der Waals surface area (Å²) in [5.74, 6) is 0.732. The van der Waals surface area contributed by atoms with Crippen molar-refractivity contribution < 1.29 is 4.74 Å². The Balaban J connectivity index is 0.00000274. The van der Waals surface area contributed by atoms with Crippen molar-refractivity contribution in [2.24, 2.45) is 5.41 Å². The highest BCUT2D eigenvalue weighted by molar-refractivity contribution is 5.85. The van der Waals surface area contributed by atoms with Gasteiger partial charge in [0.15, 0.2) is 0 Å². The largest absolute Gasteiger partial charge is 0.372 e. The molecule has 2 heterocycles. The van der Waals surface area contributed by atoms with Crippen molar-refractivity contribution in [1.29, 1.82) is 0 Å². The Morgan fingerprint density at radius 3 is 2.15 bits per heavy atom. The molecule has 2 aliphatic heterocycles. The maximum Gasteiger partial charge on any atom is 0.0726 e. The van der Waals surface area contributed by atoms with Gasteiger partial charge >= 0.3 is 0 Å². The zero-order valence-electron chi connectivity index (χ0n) is 21.9. The maximum atomic E-state index is 6.03. The second-order valence-electron chi connectivity index (χ2n) is 11.7. The van der Waals surface area contributed by atoms with Crippen LogP contribution >= 0.6 is 12.4 Å². The lowest BCUT2D eigenvalue weighted by Gasteiger charge is -2.42. The van der Waals surface area contributed by atoms with E-state index in [1.54, 1.807) is 5.56 Å². The molecule has 2 unspecified atom stereocenters. The lowest BCUT2D eigenvalue weighted by molar-refractivity contribution is -0.00522. The lowest BCUT2D eigenvalue weighted by Crippen LogP contribution is -2.47. The molecule has 5 rings (SSSR count). The molecule has 2 atom stereocenters. The topological polar surface area (TPSA) is 19.0 Å². The fraction of sp³-hybridized carbons (Fsp3) is 0.793. The first-order chi connectivity index (χ1) is 16.0. The van der Waals surface area contributed by atoms with Gasteiger partial charge in [0.1, 0.15) is 0 Å². The number of hydrogen-bond donors (Lipinski definition) is 0. The van der Waals surface area contributed by atoms with Gasteiger partial charge in [0.05, 0.1) is 12.2 Å². The van der Waals surface area contributed by atoms with E-state index in [-0.39, 0.29) is 12.4 Å². The van der Waals surface area contributed by atoms with Crippen LogP contribution in [0.5, 0.6) is 0 Å². The molecular formula is C29H48ClN3O. The average Bonchev–Trinajstić information content (AvgIpc) is 3.27. The third kappa shape index (κ3) is 5.71. The van der Waals surface area contributed by atoms with Crippen LogP contribution in [0.3, 0.4) is 0 Å². The highest BCUT2D eigenvalue weighted by atomic mass is 35.5. The number of ether oxygens (including phenoxy) is 1. The van der Waals surface area contributed by atoms with E-state index in [0.717, 1.165) is 19.0 Å². The van der Waals surface area contributed by atoms with E-state index in [1.807, 2.05) is 0 Å². The molecule has 1 aromatic rings. The van der Waals surface area contributed by atoms with Crippen LogP contribution in [-0.4, -0.2) is 62.9 Å². The summed E-state index contributed by atoms with van der Waals surface area (Å²) in [6.45, 7) is 14.8. The molecule has 2 saturated carbocycles. The molecule has 1 aromatic carbocycles. The lowest BCUT2D eigenvalue weighted by atomic mass is 9.68. The normalized spacial score (nSPS) is 28.3. The summed E-state index contributed by atoms with van der Waals surface area (Å²) in [6, 6.07) is 7.48. The molecule has 5 heteroatoms. The predicted octanol–water partition coefficient (Wildman–Crippen LogP) is 6.47. The molecule has 0 N–H and O–H groups in total. The van der Waals surface area contributed by atoms with Crippen LogP contribution in [-0.2, 0) is 4.74 Å². The monoisotopic (exact) mass is 489 g/mol. The Morgan fingerprint density at radius 1 is 0.882 bits per heavy atom. The summed E-state index contributed by atoms with van der Waals surface area (Å²) in [5.41, 5.74) is 5.31. The first kappa shape index (κ1) is 26.1. The van der Waals surface area contributed by atoms with Crippen LogP contribution in [0, 0.1) is 5.41 Å². The summed E-state index contributed by atoms with van der Waals surface area (Å²) in [4.78, 5) is 7.92. The molecule has 34 heavy (non-hydrogen) atoms. The standard InChI is InChI=1S/C29H47N3O.ClH/c1-4-15-30-16-18-31(19-17-30)28-8-7-26(32-21-23(2)33-24(3)22-32)20-27(28)25-9-13-29(14-10-25)11-5-6-12-29;/h7-8,20,23-25H,4-6,9-19,21-22H2,1-3H3;1H. The van der Waals surface area contributed by atoms with Gasteiger partial charge in [-0.3, -0.25) is 4.90 Å². The van der Waals surface area contributed by atoms with Gasteiger partial charge in [-0.25, -0.2) is 0 Å². The zero-order valence-corrected chi connectivity index (χ0v) is 22.8. The minimum atomic E-state index is 0. The van der Waals surface area contributed by atoms with E-state index < -0.39 is 0 Å². The molecule has 2 saturated heterocycles. The number of anilines is 2. The van der Waals surface area contributed by atoms with Gasteiger partial charge in [0.25, 0.3) is 0 Å². The van der Waals surface area contributed by atoms with Gasteiger partial charge in [-0.05, 0) is 100 Å². The van der Waals surface area contributed by atoms with Crippen LogP contribution < -0.4 is 9.80 Å². The average molecular weight is 490 g/mol. The van der Waals surface area contributed by atoms with E-state index in [1.165, 1.54) is 102 Å². The Hall–Kier alpha value is -0.970. The third-order valence-electron chi connectivity index (χ3n) is 9.20. The van der Waals surface area contributed by atoms with Crippen molar-refractivity contribution in [1.82, 2.24) is 4.90 Å². The number of morpholine rings is 1. The number of benzene rings is 1. The maximum absolute atomic E-state index is 6.03. The fourth-order valence-electron chi connectivity index (χ4n) is 7.44. The molecule has 0 radical (unpaired) electrons. The first-order valence-electron chi connectivity index (χ1n) is 14.1. The van der Waals surface area contributed by atoms with Crippen LogP contribution in [0.25, 0.3) is 0 Å². The summed E-state index contributed by atoms with van der Waals surface area (Å²) < 4.78 is 6.03. The molecule has 192 valence electrons. The van der Waals surface area contributed by atoms with Crippen molar-refractivity contribution in [2.45, 2.75) is 96.7 Å². The summed E-state index contributed by atoms with van der Waals surface area (Å²) >= 11 is 0. The van der Waals surface area contributed by atoms with E-state index in [2.05, 4.69) is 53.7 Å². The van der Waals surface area contributed by atoms with Crippen LogP contribution in [0.1, 0.15) is 90.0 Å². The zero-order chi connectivity index (χ0) is 22.8. The van der Waals surface area contributed by atoms with E-state index >= 15 is 0 Å². The van der Waals surface area contributed by atoms with Crippen molar-refractivity contribution >= 4 is 23.8 Å². The number of rotatable bonds is 5. The van der Waals surface area contributed by atoms with Gasteiger partial charge in [0, 0.05) is 50.6 Å². The van der Waals surface area contributed by atoms with Gasteiger partial charge in [-0.1, -0.05) is 19.8 Å². The molecule has 4 aliphatic rings. The molecular weight excluding hydrogens is 442 g/mol. The van der Waals surface area contributed by atoms with Crippen LogP contribution in [0.15, 0.2) is 18.2 Å². The van der Waals surface area contributed by atoms with E-state index in [4.69, 9.17) is 4.74 Å². The Morgan fingerprint density at radius 2 is 1.53 bits per heavy atom. The van der Waals surface area contributed by atoms with Gasteiger partial charge in [-0.2, -0.15) is 0 Å². The Kier molecular flexibility index (Phi) is 8.75. The highest BCUT2D eigenvalue weighted by Crippen LogP contribution is 2.53. The number of halogens is 1. The fourth-order valence-corrected chi connectivity index (χ4v) is 7.44. The van der Waals surface area contributed by atoms with Crippen molar-refractivity contribution in [2.75, 3.05) is 55.6 Å². The molecule has 4 nitrogen and oxygen atoms in total. The smallest absolute Gasteiger partial charge is 0.0726 e. The minimum absolute atomic E-state index is 0. The second kappa shape index (κ2) is 11.4. The van der Waals surface area contributed by atoms with Gasteiger partial charge in [-0.15, -0.1) is 12.4 Å². The summed E-state index contributed by atoms with van der Waals surface area (Å²) in [7, 11) is 0. The van der Waals surface area contributed by atoms with E-state index in [9.17, 15) is 0 Å². The minimum Gasteiger partial charge on any atom is -0.372 e. The number of hydrogen-bond acceptors (Lipinski definition) is 4. The molecule has 0 amide bonds. The molecule has 2 aliphatic carbocycles. The highest BCUT2D eigenvalue weighted by Gasteiger charge is 2.38. The van der Waals surface area contributed by atoms with Gasteiger partial charge in [0.2, 0.25) is 0 Å². The number of nitrogens with zero attached hydrogens (tertiary/aromatic N) is 3. The molecule has 0 bridgehead atoms. The van der Waals surface area contributed by atoms with Crippen molar-refractivity contribution in [3.63, 3.8) is 0 Å². The first-order valence-corrected chi connectivity index (χ1v) is 14.1. The second-order valence-corrected chi connectivity index (χ2v) is 11.7. The predicted molar refractivity (Wildman–Crippen MR) is 147 cm³/mol. The van der Waals surface area contributed by atoms with Crippen molar-refractivity contribution in [3.8, 4) is 0 Å². The van der Waals surface area contributed by atoms with Crippen molar-refractivity contribution in [3.05, 3.63) is 23.8 Å².